The third-order valence-electron chi connectivity index (χ3n) is 2.30. The molecule has 0 unspecified atom stereocenters. The molecule has 0 radical (unpaired) electrons. The van der Waals surface area contributed by atoms with E-state index in [-0.39, 0.29) is 5.92 Å². The van der Waals surface area contributed by atoms with Crippen LogP contribution in [-0.2, 0) is 4.79 Å². The van der Waals surface area contributed by atoms with Crippen molar-refractivity contribution in [1.82, 2.24) is 0 Å². The van der Waals surface area contributed by atoms with Crippen molar-refractivity contribution in [3.8, 4) is 0 Å². The Balaban J connectivity index is 2.30. The normalized spacial score (nSPS) is 31.7. The number of rotatable bonds is 2. The van der Waals surface area contributed by atoms with Gasteiger partial charge < -0.3 is 9.84 Å². The van der Waals surface area contributed by atoms with E-state index >= 15 is 0 Å². The summed E-state index contributed by atoms with van der Waals surface area (Å²) in [6.45, 7) is 0. The molecule has 3 nitrogen and oxygen atoms in total. The van der Waals surface area contributed by atoms with E-state index in [0.717, 1.165) is 25.7 Å². The minimum absolute atomic E-state index is 0.131. The molecule has 0 aromatic carbocycles. The number of hydrogen-bond acceptors (Lipinski definition) is 1. The number of aliphatic hydroxyl groups is 2. The molecule has 0 saturated heterocycles. The van der Waals surface area contributed by atoms with Crippen LogP contribution in [-0.4, -0.2) is 21.9 Å². The lowest BCUT2D eigenvalue weighted by Gasteiger charge is -2.24. The van der Waals surface area contributed by atoms with E-state index in [9.17, 15) is 4.79 Å². The Bertz CT molecular complexity index is 136. The van der Waals surface area contributed by atoms with Gasteiger partial charge >= 0.3 is 5.97 Å². The van der Waals surface area contributed by atoms with Crippen molar-refractivity contribution in [2.24, 2.45) is 5.92 Å². The van der Waals surface area contributed by atoms with Crippen molar-refractivity contribution in [3.63, 3.8) is 0 Å². The average molecular weight is 158 g/mol. The molecular formula is C8H14O3. The van der Waals surface area contributed by atoms with Crippen LogP contribution < -0.4 is 0 Å². The molecule has 2 N–H and O–H groups in total. The molecule has 0 atom stereocenters. The third kappa shape index (κ3) is 2.19. The molecule has 0 amide bonds. The highest BCUT2D eigenvalue weighted by Gasteiger charge is 2.26. The first-order chi connectivity index (χ1) is 5.24. The Morgan fingerprint density at radius 2 is 1.91 bits per heavy atom. The van der Waals surface area contributed by atoms with Gasteiger partial charge in [-0.25, -0.2) is 0 Å². The first-order valence-electron chi connectivity index (χ1n) is 3.92. The second kappa shape index (κ2) is 3.72. The van der Waals surface area contributed by atoms with E-state index in [1.54, 1.807) is 0 Å². The van der Waals surface area contributed by atoms with Gasteiger partial charge in [0, 0.05) is 12.8 Å². The quantitative estimate of drug-likeness (QED) is 0.480. The van der Waals surface area contributed by atoms with E-state index in [1.807, 2.05) is 0 Å². The van der Waals surface area contributed by atoms with Crippen molar-refractivity contribution in [2.75, 3.05) is 0 Å². The minimum atomic E-state index is -0.660. The Morgan fingerprint density at radius 3 is 2.27 bits per heavy atom. The maximum Gasteiger partial charge on any atom is 0.306 e. The van der Waals surface area contributed by atoms with Crippen LogP contribution in [0.4, 0.5) is 0 Å². The van der Waals surface area contributed by atoms with Crippen molar-refractivity contribution < 1.29 is 14.6 Å². The van der Waals surface area contributed by atoms with Gasteiger partial charge in [-0.2, -0.15) is 0 Å². The zero-order chi connectivity index (χ0) is 8.27. The van der Waals surface area contributed by atoms with Gasteiger partial charge in [0.15, 0.2) is 0 Å². The van der Waals surface area contributed by atoms with Crippen LogP contribution in [0, 0.1) is 13.0 Å². The van der Waals surface area contributed by atoms with Crippen molar-refractivity contribution in [3.05, 3.63) is 7.11 Å². The molecule has 64 valence electrons. The number of carbonyl (C=O) groups is 1. The summed E-state index contributed by atoms with van der Waals surface area (Å²) >= 11 is 0. The maximum absolute atomic E-state index is 10.5. The SMILES string of the molecule is [CH2-][OH+]C1CCC(C(=O)O)CC1. The molecule has 0 aromatic rings. The highest BCUT2D eigenvalue weighted by molar-refractivity contribution is 5.69. The van der Waals surface area contributed by atoms with Gasteiger partial charge in [-0.15, -0.1) is 0 Å². The topological polar surface area (TPSA) is 50.1 Å². The van der Waals surface area contributed by atoms with E-state index in [2.05, 4.69) is 11.8 Å². The Kier molecular flexibility index (Phi) is 2.88. The molecule has 1 rings (SSSR count). The largest absolute Gasteiger partial charge is 0.579 e. The van der Waals surface area contributed by atoms with Crippen LogP contribution in [0.3, 0.4) is 0 Å². The number of aliphatic carboxylic acids is 1. The Hall–Kier alpha value is -0.570. The molecule has 3 heteroatoms. The number of hydrogen-bond donors (Lipinski definition) is 1. The van der Waals surface area contributed by atoms with E-state index in [4.69, 9.17) is 5.11 Å². The second-order valence-corrected chi connectivity index (χ2v) is 3.03. The summed E-state index contributed by atoms with van der Waals surface area (Å²) in [5.41, 5.74) is 0. The number of carboxylic acid groups (broad SMARTS) is 1. The van der Waals surface area contributed by atoms with E-state index < -0.39 is 5.97 Å². The smallest absolute Gasteiger partial charge is 0.306 e. The lowest BCUT2D eigenvalue weighted by atomic mass is 9.87. The molecular weight excluding hydrogens is 144 g/mol. The summed E-state index contributed by atoms with van der Waals surface area (Å²) in [5, 5.41) is 8.65. The standard InChI is InChI=1S/C8H14O3/c1-11-7-4-2-6(3-5-7)8(9)10/h6-7,11H,1-5H2,(H,9,10). The van der Waals surface area contributed by atoms with Crippen LogP contribution in [0.5, 0.6) is 0 Å². The summed E-state index contributed by atoms with van der Waals surface area (Å²) in [4.78, 5) is 10.5. The maximum atomic E-state index is 10.5. The van der Waals surface area contributed by atoms with E-state index in [0.29, 0.717) is 6.10 Å². The molecule has 11 heavy (non-hydrogen) atoms. The number of ether oxygens (including phenoxy) is 1. The first-order valence-corrected chi connectivity index (χ1v) is 3.92. The predicted molar refractivity (Wildman–Crippen MR) is 41.0 cm³/mol. The highest BCUT2D eigenvalue weighted by Crippen LogP contribution is 2.24. The van der Waals surface area contributed by atoms with E-state index in [1.165, 1.54) is 0 Å². The third-order valence-corrected chi connectivity index (χ3v) is 2.30. The van der Waals surface area contributed by atoms with Crippen molar-refractivity contribution in [1.29, 1.82) is 0 Å². The molecule has 1 aliphatic carbocycles. The van der Waals surface area contributed by atoms with Gasteiger partial charge in [-0.3, -0.25) is 4.79 Å². The molecule has 0 bridgehead atoms. The summed E-state index contributed by atoms with van der Waals surface area (Å²) in [6, 6.07) is 0. The summed E-state index contributed by atoms with van der Waals surface area (Å²) < 4.78 is 3.90. The molecule has 1 fully saturated rings. The van der Waals surface area contributed by atoms with Gasteiger partial charge in [-0.1, -0.05) is 7.11 Å². The van der Waals surface area contributed by atoms with Crippen molar-refractivity contribution in [2.45, 2.75) is 31.8 Å². The zero-order valence-electron chi connectivity index (χ0n) is 6.49. The molecule has 1 saturated carbocycles. The van der Waals surface area contributed by atoms with Gasteiger partial charge in [0.2, 0.25) is 0 Å². The van der Waals surface area contributed by atoms with Gasteiger partial charge in [-0.05, 0) is 12.8 Å². The lowest BCUT2D eigenvalue weighted by Crippen LogP contribution is -2.26. The van der Waals surface area contributed by atoms with Gasteiger partial charge in [0.1, 0.15) is 6.10 Å². The van der Waals surface area contributed by atoms with Crippen LogP contribution in [0.15, 0.2) is 0 Å². The van der Waals surface area contributed by atoms with Crippen LogP contribution in [0.25, 0.3) is 0 Å². The fraction of sp³-hybridized carbons (Fsp3) is 0.750. The highest BCUT2D eigenvalue weighted by atomic mass is 16.5. The minimum Gasteiger partial charge on any atom is -0.579 e. The second-order valence-electron chi connectivity index (χ2n) is 3.03. The molecule has 0 aromatic heterocycles. The summed E-state index contributed by atoms with van der Waals surface area (Å²) in [6.07, 6.45) is 3.62. The zero-order valence-corrected chi connectivity index (χ0v) is 6.49. The van der Waals surface area contributed by atoms with Crippen LogP contribution in [0.2, 0.25) is 0 Å². The Morgan fingerprint density at radius 1 is 1.36 bits per heavy atom. The predicted octanol–water partition coefficient (Wildman–Crippen LogP) is 0.949. The lowest BCUT2D eigenvalue weighted by molar-refractivity contribution is -0.144. The average Bonchev–Trinajstić information content (AvgIpc) is 2.05. The van der Waals surface area contributed by atoms with Crippen molar-refractivity contribution >= 4 is 5.97 Å². The first kappa shape index (κ1) is 8.53. The Labute approximate surface area is 66.4 Å². The molecule has 0 aliphatic heterocycles. The van der Waals surface area contributed by atoms with Gasteiger partial charge in [0.05, 0.1) is 5.92 Å². The van der Waals surface area contributed by atoms with Crippen LogP contribution in [0.1, 0.15) is 25.7 Å². The fourth-order valence-corrected chi connectivity index (χ4v) is 1.51. The van der Waals surface area contributed by atoms with Crippen LogP contribution >= 0.6 is 0 Å². The summed E-state index contributed by atoms with van der Waals surface area (Å²) in [5.74, 6) is -0.791. The molecule has 0 spiro atoms. The molecule has 1 aliphatic rings. The van der Waals surface area contributed by atoms with Gasteiger partial charge in [0.25, 0.3) is 0 Å². The monoisotopic (exact) mass is 158 g/mol. The summed E-state index contributed by atoms with van der Waals surface area (Å²) in [7, 11) is 3.46. The fourth-order valence-electron chi connectivity index (χ4n) is 1.51. The number of carboxylic acids is 1. The molecule has 0 heterocycles.